The molecule has 0 bridgehead atoms. The first-order chi connectivity index (χ1) is 29.5. The van der Waals surface area contributed by atoms with Gasteiger partial charge in [-0.25, -0.2) is 46.3 Å². The summed E-state index contributed by atoms with van der Waals surface area (Å²) in [6.45, 7) is 3.31. The van der Waals surface area contributed by atoms with Gasteiger partial charge in [0.2, 0.25) is 0 Å². The number of fused-ring (bicyclic) bond motifs is 2. The second-order valence-corrected chi connectivity index (χ2v) is 12.9. The summed E-state index contributed by atoms with van der Waals surface area (Å²) < 4.78 is 162. The van der Waals surface area contributed by atoms with Crippen molar-refractivity contribution in [2.75, 3.05) is 11.1 Å². The number of hydrogen-bond donors (Lipinski definition) is 2. The molecule has 0 fully saturated rings. The minimum absolute atomic E-state index is 0.0343. The van der Waals surface area contributed by atoms with Crippen molar-refractivity contribution in [2.24, 2.45) is 0 Å². The molecule has 8 rings (SSSR count). The zero-order valence-corrected chi connectivity index (χ0v) is 32.2. The molecule has 0 atom stereocenters. The zero-order chi connectivity index (χ0) is 46.0. The van der Waals surface area contributed by atoms with E-state index >= 15 is 0 Å². The molecule has 25 heteroatoms. The molecule has 4 aromatic heterocycles. The van der Waals surface area contributed by atoms with Gasteiger partial charge in [0.15, 0.2) is 63.9 Å². The maximum Gasteiger partial charge on any atom is 0.573 e. The Labute approximate surface area is 349 Å². The molecule has 0 unspecified atom stereocenters. The first-order valence-electron chi connectivity index (χ1n) is 17.2. The highest BCUT2D eigenvalue weighted by atomic mass is 35.5. The summed E-state index contributed by atoms with van der Waals surface area (Å²) in [5.41, 5.74) is 6.45. The molecule has 3 N–H and O–H groups in total. The first kappa shape index (κ1) is 45.2. The van der Waals surface area contributed by atoms with Crippen molar-refractivity contribution < 1.29 is 62.2 Å². The maximum atomic E-state index is 13.9. The van der Waals surface area contributed by atoms with Crippen LogP contribution in [-0.2, 0) is 0 Å². The number of benzene rings is 4. The number of anilines is 3. The number of aromatic nitrogens is 8. The fourth-order valence-electron chi connectivity index (χ4n) is 5.59. The van der Waals surface area contributed by atoms with E-state index in [4.69, 9.17) is 17.3 Å². The average molecular weight is 915 g/mol. The quantitative estimate of drug-likeness (QED) is 0.122. The van der Waals surface area contributed by atoms with Gasteiger partial charge in [-0.15, -0.1) is 26.3 Å². The van der Waals surface area contributed by atoms with E-state index < -0.39 is 59.1 Å². The van der Waals surface area contributed by atoms with Gasteiger partial charge in [0.1, 0.15) is 16.8 Å². The molecule has 0 radical (unpaired) electrons. The lowest BCUT2D eigenvalue weighted by atomic mass is 10.3. The van der Waals surface area contributed by atoms with Gasteiger partial charge >= 0.3 is 12.7 Å². The van der Waals surface area contributed by atoms with E-state index in [1.54, 1.807) is 18.4 Å². The van der Waals surface area contributed by atoms with Crippen molar-refractivity contribution in [1.29, 1.82) is 0 Å². The van der Waals surface area contributed by atoms with E-state index in [2.05, 4.69) is 44.7 Å². The molecule has 0 aliphatic rings. The molecule has 0 aliphatic carbocycles. The Bertz CT molecular complexity index is 2960. The number of ether oxygens (including phenoxy) is 2. The summed E-state index contributed by atoms with van der Waals surface area (Å²) in [7, 11) is 0. The van der Waals surface area contributed by atoms with Gasteiger partial charge in [-0.05, 0) is 38.1 Å². The normalized spacial score (nSPS) is 11.5. The number of halogens is 13. The highest BCUT2D eigenvalue weighted by Crippen LogP contribution is 2.30. The molecule has 0 amide bonds. The molecular weight excluding hydrogens is 892 g/mol. The summed E-state index contributed by atoms with van der Waals surface area (Å²) in [5.74, 6) is -6.59. The number of nitrogen functional groups attached to an aromatic ring is 1. The molecule has 328 valence electrons. The number of nitrogens with one attached hydrogen (secondary N) is 1. The van der Waals surface area contributed by atoms with Crippen LogP contribution in [-0.4, -0.2) is 51.8 Å². The van der Waals surface area contributed by atoms with Crippen LogP contribution in [0.4, 0.5) is 69.9 Å². The third-order valence-electron chi connectivity index (χ3n) is 8.01. The van der Waals surface area contributed by atoms with Crippen LogP contribution in [0.15, 0.2) is 85.5 Å². The van der Waals surface area contributed by atoms with Gasteiger partial charge < -0.3 is 20.5 Å². The summed E-state index contributed by atoms with van der Waals surface area (Å²) >= 11 is 5.78. The van der Waals surface area contributed by atoms with Crippen molar-refractivity contribution in [3.63, 3.8) is 0 Å². The molecule has 0 saturated heterocycles. The molecule has 4 heterocycles. The van der Waals surface area contributed by atoms with Crippen LogP contribution in [0.5, 0.6) is 11.5 Å². The van der Waals surface area contributed by atoms with E-state index in [1.165, 1.54) is 29.4 Å². The van der Waals surface area contributed by atoms with Crippen molar-refractivity contribution in [3.05, 3.63) is 137 Å². The Morgan fingerprint density at radius 1 is 0.556 bits per heavy atom. The zero-order valence-electron chi connectivity index (χ0n) is 31.5. The lowest BCUT2D eigenvalue weighted by Gasteiger charge is -2.12. The van der Waals surface area contributed by atoms with Gasteiger partial charge in [-0.3, -0.25) is 19.1 Å². The molecule has 0 saturated carbocycles. The second kappa shape index (κ2) is 17.9. The summed E-state index contributed by atoms with van der Waals surface area (Å²) in [6, 6.07) is 9.51. The number of rotatable bonds is 6. The van der Waals surface area contributed by atoms with Gasteiger partial charge in [0.05, 0.1) is 46.9 Å². The number of nitrogens with two attached hydrogens (primary N) is 1. The number of alkyl halides is 6. The fourth-order valence-corrected chi connectivity index (χ4v) is 5.73. The number of nitrogens with zero attached hydrogens (tertiary/aromatic N) is 8. The molecule has 0 aliphatic heterocycles. The average Bonchev–Trinajstić information content (AvgIpc) is 3.67. The van der Waals surface area contributed by atoms with Crippen LogP contribution in [0.3, 0.4) is 0 Å². The van der Waals surface area contributed by atoms with Crippen LogP contribution in [0.1, 0.15) is 11.6 Å². The van der Waals surface area contributed by atoms with Crippen molar-refractivity contribution in [3.8, 4) is 23.1 Å². The minimum atomic E-state index is -5.02. The van der Waals surface area contributed by atoms with Crippen molar-refractivity contribution in [2.45, 2.75) is 26.6 Å². The lowest BCUT2D eigenvalue weighted by Crippen LogP contribution is -2.18. The largest absolute Gasteiger partial charge is 0.573 e. The third kappa shape index (κ3) is 11.1. The van der Waals surface area contributed by atoms with Gasteiger partial charge in [-0.1, -0.05) is 11.6 Å². The highest BCUT2D eigenvalue weighted by molar-refractivity contribution is 6.29. The van der Waals surface area contributed by atoms with Crippen molar-refractivity contribution in [1.82, 2.24) is 39.0 Å². The lowest BCUT2D eigenvalue weighted by molar-refractivity contribution is -0.276. The highest BCUT2D eigenvalue weighted by Gasteiger charge is 2.33. The van der Waals surface area contributed by atoms with Gasteiger partial charge in [0, 0.05) is 47.8 Å². The monoisotopic (exact) mass is 914 g/mol. The van der Waals surface area contributed by atoms with Crippen molar-refractivity contribution >= 4 is 50.9 Å². The molecule has 0 spiro atoms. The Kier molecular flexibility index (Phi) is 12.8. The summed E-state index contributed by atoms with van der Waals surface area (Å²) in [4.78, 5) is 24.6. The van der Waals surface area contributed by atoms with Crippen LogP contribution < -0.4 is 20.5 Å². The fraction of sp³-hybridized carbons (Fsp3) is 0.105. The van der Waals surface area contributed by atoms with Gasteiger partial charge in [0.25, 0.3) is 0 Å². The predicted octanol–water partition coefficient (Wildman–Crippen LogP) is 10.5. The minimum Gasteiger partial charge on any atom is -0.403 e. The molecular formula is C38H23ClF12N10O2. The molecule has 63 heavy (non-hydrogen) atoms. The predicted molar refractivity (Wildman–Crippen MR) is 201 cm³/mol. The van der Waals surface area contributed by atoms with Gasteiger partial charge in [-0.2, -0.15) is 0 Å². The van der Waals surface area contributed by atoms with Crippen LogP contribution >= 0.6 is 11.6 Å². The Balaban J connectivity index is 0.000000175. The molecule has 12 nitrogen and oxygen atoms in total. The second-order valence-electron chi connectivity index (χ2n) is 12.5. The van der Waals surface area contributed by atoms with E-state index in [0.717, 1.165) is 60.7 Å². The Morgan fingerprint density at radius 3 is 1.49 bits per heavy atom. The standard InChI is InChI=1S/C19H11F6N5O.C12H7ClF2N4.C7H5F4NO/c1-9-27-14-5-11(20)12(21)6-15(14)30(9)18-8-26-7-17(29-18)28-10-2-3-16(13(22)4-10)31-19(23,24)25;1-6-17-9-2-7(14)8(15)3-10(9)19(6)12-5-16-4-11(13)18-12;8-5-3-4(12)1-2-6(5)13-7(9,10)11/h2-8H,1H3,(H,28,29);2-5H,1H3;1-3H,12H2. The van der Waals surface area contributed by atoms with E-state index in [1.807, 2.05) is 0 Å². The van der Waals surface area contributed by atoms with E-state index in [-0.39, 0.29) is 39.2 Å². The summed E-state index contributed by atoms with van der Waals surface area (Å²) in [6.07, 6.45) is -4.42. The van der Waals surface area contributed by atoms with Crippen LogP contribution in [0.25, 0.3) is 33.7 Å². The Hall–Kier alpha value is -7.37. The van der Waals surface area contributed by atoms with E-state index in [0.29, 0.717) is 28.5 Å². The topological polar surface area (TPSA) is 144 Å². The van der Waals surface area contributed by atoms with E-state index in [9.17, 15) is 52.7 Å². The number of hydrogen-bond acceptors (Lipinski definition) is 10. The van der Waals surface area contributed by atoms with Crippen LogP contribution in [0.2, 0.25) is 5.15 Å². The maximum absolute atomic E-state index is 13.9. The smallest absolute Gasteiger partial charge is 0.403 e. The number of aryl methyl sites for hydroxylation is 2. The first-order valence-corrected chi connectivity index (χ1v) is 17.5. The Morgan fingerprint density at radius 2 is 1.02 bits per heavy atom. The summed E-state index contributed by atoms with van der Waals surface area (Å²) in [5, 5.41) is 2.92. The van der Waals surface area contributed by atoms with Crippen LogP contribution in [0, 0.1) is 48.8 Å². The molecule has 4 aromatic carbocycles. The molecule has 8 aromatic rings. The third-order valence-corrected chi connectivity index (χ3v) is 8.19. The SMILES string of the molecule is Cc1nc2cc(F)c(F)cc2n1-c1cncc(Cl)n1.Cc1nc2cc(F)c(F)cc2n1-c1cncc(Nc2ccc(OC(F)(F)F)c(F)c2)n1.Nc1ccc(OC(F)(F)F)c(F)c1. The number of imidazole rings is 2.